The van der Waals surface area contributed by atoms with E-state index < -0.39 is 22.4 Å². The third-order valence-corrected chi connectivity index (χ3v) is 7.17. The van der Waals surface area contributed by atoms with Crippen molar-refractivity contribution in [2.45, 2.75) is 38.9 Å². The summed E-state index contributed by atoms with van der Waals surface area (Å²) in [5.74, 6) is 0.793. The van der Waals surface area contributed by atoms with Crippen molar-refractivity contribution in [1.82, 2.24) is 10.2 Å². The van der Waals surface area contributed by atoms with Gasteiger partial charge in [0.15, 0.2) is 0 Å². The summed E-state index contributed by atoms with van der Waals surface area (Å²) in [6.45, 7) is 5.07. The molecular weight excluding hydrogens is 515 g/mol. The van der Waals surface area contributed by atoms with Crippen molar-refractivity contribution in [2.75, 3.05) is 62.7 Å². The number of carbonyl (C=O) groups excluding carboxylic acids is 1. The molecule has 0 atom stereocenters. The van der Waals surface area contributed by atoms with Crippen LogP contribution in [-0.4, -0.2) is 74.7 Å². The molecule has 0 spiro atoms. The summed E-state index contributed by atoms with van der Waals surface area (Å²) in [5, 5.41) is 14.0. The van der Waals surface area contributed by atoms with Gasteiger partial charge in [0.2, 0.25) is 5.91 Å². The second-order valence-corrected chi connectivity index (χ2v) is 9.56. The molecule has 1 N–H and O–H groups in total. The van der Waals surface area contributed by atoms with Crippen molar-refractivity contribution in [3.63, 3.8) is 0 Å². The Labute approximate surface area is 226 Å². The van der Waals surface area contributed by atoms with Crippen LogP contribution in [0, 0.1) is 10.1 Å². The van der Waals surface area contributed by atoms with Crippen LogP contribution in [0.4, 0.5) is 30.2 Å². The van der Waals surface area contributed by atoms with Crippen LogP contribution in [0.2, 0.25) is 0 Å². The Morgan fingerprint density at radius 1 is 1.00 bits per heavy atom. The van der Waals surface area contributed by atoms with Crippen molar-refractivity contribution < 1.29 is 27.6 Å². The van der Waals surface area contributed by atoms with Gasteiger partial charge in [0, 0.05) is 75.7 Å². The fraction of sp³-hybridized carbons (Fsp3) is 0.519. The maximum absolute atomic E-state index is 13.3. The van der Waals surface area contributed by atoms with Gasteiger partial charge in [-0.3, -0.25) is 19.8 Å². The van der Waals surface area contributed by atoms with Gasteiger partial charge in [-0.15, -0.1) is 0 Å². The zero-order valence-electron chi connectivity index (χ0n) is 21.2. The number of alkyl halides is 3. The van der Waals surface area contributed by atoms with Crippen molar-refractivity contribution >= 4 is 23.0 Å². The van der Waals surface area contributed by atoms with E-state index in [2.05, 4.69) is 15.1 Å². The largest absolute Gasteiger partial charge is 0.497 e. The van der Waals surface area contributed by atoms with Crippen LogP contribution in [0.15, 0.2) is 42.5 Å². The number of benzene rings is 2. The first kappa shape index (κ1) is 30.0. The minimum Gasteiger partial charge on any atom is -0.497 e. The van der Waals surface area contributed by atoms with E-state index in [9.17, 15) is 28.1 Å². The molecule has 1 amide bonds. The Morgan fingerprint density at radius 2 is 1.59 bits per heavy atom. The second-order valence-electron chi connectivity index (χ2n) is 9.56. The lowest BCUT2D eigenvalue weighted by Crippen LogP contribution is -2.48. The molecule has 214 valence electrons. The molecule has 0 aliphatic carbocycles. The van der Waals surface area contributed by atoms with Crippen LogP contribution in [0.3, 0.4) is 0 Å². The Bertz CT molecular complexity index is 1110. The van der Waals surface area contributed by atoms with Gasteiger partial charge in [0.05, 0.1) is 12.0 Å². The molecule has 9 nitrogen and oxygen atoms in total. The van der Waals surface area contributed by atoms with Crippen molar-refractivity contribution in [3.8, 4) is 5.75 Å². The van der Waals surface area contributed by atoms with Gasteiger partial charge < -0.3 is 19.9 Å². The highest BCUT2D eigenvalue weighted by atomic mass is 19.4. The van der Waals surface area contributed by atoms with Crippen LogP contribution in [0.5, 0.6) is 5.75 Å². The number of piperazine rings is 1. The predicted molar refractivity (Wildman–Crippen MR) is 144 cm³/mol. The summed E-state index contributed by atoms with van der Waals surface area (Å²) in [7, 11) is 1.64. The average molecular weight is 552 g/mol. The highest BCUT2D eigenvalue weighted by molar-refractivity contribution is 5.76. The maximum Gasteiger partial charge on any atom is 0.423 e. The van der Waals surface area contributed by atoms with Crippen LogP contribution < -0.4 is 19.9 Å². The van der Waals surface area contributed by atoms with E-state index in [0.717, 1.165) is 49.7 Å². The van der Waals surface area contributed by atoms with Gasteiger partial charge in [-0.2, -0.15) is 13.2 Å². The number of nitro benzene ring substituents is 1. The number of hydrogen-bond donors (Lipinski definition) is 1. The summed E-state index contributed by atoms with van der Waals surface area (Å²) >= 11 is 0. The molecule has 2 aliphatic rings. The highest BCUT2D eigenvalue weighted by Crippen LogP contribution is 2.38. The quantitative estimate of drug-likeness (QED) is 0.380. The van der Waals surface area contributed by atoms with Crippen LogP contribution in [-0.2, 0) is 11.0 Å². The van der Waals surface area contributed by atoms with Crippen molar-refractivity contribution in [2.24, 2.45) is 0 Å². The van der Waals surface area contributed by atoms with E-state index in [1.165, 1.54) is 6.07 Å². The number of hydrogen-bond acceptors (Lipinski definition) is 7. The van der Waals surface area contributed by atoms with E-state index in [1.54, 1.807) is 12.0 Å². The molecule has 4 rings (SSSR count). The predicted octanol–water partition coefficient (Wildman–Crippen LogP) is 4.56. The normalized spacial score (nSPS) is 16.9. The minimum absolute atomic E-state index is 0. The summed E-state index contributed by atoms with van der Waals surface area (Å²) in [6, 6.07) is 11.0. The number of ether oxygens (including phenoxy) is 1. The molecule has 2 aromatic rings. The highest BCUT2D eigenvalue weighted by Gasteiger charge is 2.39. The molecule has 0 radical (unpaired) electrons. The number of nitrogens with one attached hydrogen (secondary N) is 1. The van der Waals surface area contributed by atoms with Gasteiger partial charge in [-0.05, 0) is 49.2 Å². The van der Waals surface area contributed by atoms with Crippen molar-refractivity contribution in [1.29, 1.82) is 0 Å². The van der Waals surface area contributed by atoms with E-state index in [4.69, 9.17) is 4.74 Å². The third kappa shape index (κ3) is 7.75. The van der Waals surface area contributed by atoms with Gasteiger partial charge in [0.1, 0.15) is 11.3 Å². The van der Waals surface area contributed by atoms with E-state index in [-0.39, 0.29) is 19.4 Å². The molecule has 2 saturated heterocycles. The van der Waals surface area contributed by atoms with E-state index >= 15 is 0 Å². The molecule has 0 aromatic heterocycles. The molecule has 0 saturated carbocycles. The Kier molecular flexibility index (Phi) is 10.0. The molecular formula is C27H36F3N5O4. The molecule has 2 aliphatic heterocycles. The molecule has 2 heterocycles. The number of rotatable bonds is 8. The Hall–Kier alpha value is -3.54. The van der Waals surface area contributed by atoms with Gasteiger partial charge in [-0.25, -0.2) is 0 Å². The molecule has 0 unspecified atom stereocenters. The first-order valence-corrected chi connectivity index (χ1v) is 12.7. The fourth-order valence-corrected chi connectivity index (χ4v) is 4.97. The molecule has 0 bridgehead atoms. The van der Waals surface area contributed by atoms with Crippen molar-refractivity contribution in [3.05, 3.63) is 58.1 Å². The second kappa shape index (κ2) is 13.0. The smallest absolute Gasteiger partial charge is 0.423 e. The monoisotopic (exact) mass is 551 g/mol. The zero-order chi connectivity index (χ0) is 27.3. The summed E-state index contributed by atoms with van der Waals surface area (Å²) in [6.07, 6.45) is -3.25. The maximum atomic E-state index is 13.3. The topological polar surface area (TPSA) is 91.2 Å². The SMILES string of the molecule is C.COc1ccc(N2CCN(CCC(=O)NC3CCN(c4ccc([N+](=O)[O-])c(C(F)(F)F)c4)CC3)CC2)cc1. The summed E-state index contributed by atoms with van der Waals surface area (Å²) < 4.78 is 45.1. The summed E-state index contributed by atoms with van der Waals surface area (Å²) in [5.41, 5.74) is -0.759. The number of amides is 1. The first-order valence-electron chi connectivity index (χ1n) is 12.7. The Balaban J connectivity index is 0.00000420. The number of halogens is 3. The lowest BCUT2D eigenvalue weighted by atomic mass is 10.0. The lowest BCUT2D eigenvalue weighted by molar-refractivity contribution is -0.388. The van der Waals surface area contributed by atoms with Gasteiger partial charge >= 0.3 is 6.18 Å². The van der Waals surface area contributed by atoms with Gasteiger partial charge in [-0.1, -0.05) is 7.43 Å². The third-order valence-electron chi connectivity index (χ3n) is 7.17. The van der Waals surface area contributed by atoms with Crippen LogP contribution >= 0.6 is 0 Å². The Morgan fingerprint density at radius 3 is 2.15 bits per heavy atom. The van der Waals surface area contributed by atoms with Crippen LogP contribution in [0.1, 0.15) is 32.3 Å². The number of nitrogens with zero attached hydrogens (tertiary/aromatic N) is 4. The number of nitro groups is 1. The summed E-state index contributed by atoms with van der Waals surface area (Å²) in [4.78, 5) is 28.9. The standard InChI is InChI=1S/C26H32F3N5O4.CH4/c1-38-22-5-2-20(3-6-22)33-16-14-31(15-17-33)11-10-25(35)30-19-8-12-32(13-9-19)21-4-7-24(34(36)37)23(18-21)26(27,28)29;/h2-7,18-19H,8-17H2,1H3,(H,30,35);1H4. The first-order chi connectivity index (χ1) is 18.1. The molecule has 2 fully saturated rings. The molecule has 12 heteroatoms. The average Bonchev–Trinajstić information content (AvgIpc) is 2.92. The number of carbonyl (C=O) groups is 1. The molecule has 39 heavy (non-hydrogen) atoms. The van der Waals surface area contributed by atoms with Crippen LogP contribution in [0.25, 0.3) is 0 Å². The molecule has 2 aromatic carbocycles. The lowest BCUT2D eigenvalue weighted by Gasteiger charge is -2.36. The van der Waals surface area contributed by atoms with E-state index in [0.29, 0.717) is 44.6 Å². The minimum atomic E-state index is -4.81. The number of anilines is 2. The van der Waals surface area contributed by atoms with E-state index in [1.807, 2.05) is 24.3 Å². The van der Waals surface area contributed by atoms with Gasteiger partial charge in [0.25, 0.3) is 5.69 Å². The zero-order valence-corrected chi connectivity index (χ0v) is 21.2. The fourth-order valence-electron chi connectivity index (χ4n) is 4.97. The number of piperidine rings is 1. The number of methoxy groups -OCH3 is 1.